The van der Waals surface area contributed by atoms with Gasteiger partial charge in [-0.3, -0.25) is 9.78 Å². The van der Waals surface area contributed by atoms with E-state index in [2.05, 4.69) is 42.2 Å². The molecule has 2 heterocycles. The first-order valence-corrected chi connectivity index (χ1v) is 7.16. The van der Waals surface area contributed by atoms with Crippen LogP contribution in [0.3, 0.4) is 0 Å². The van der Waals surface area contributed by atoms with Crippen LogP contribution in [0, 0.1) is 6.92 Å². The lowest BCUT2D eigenvalue weighted by atomic mass is 10.3. The molecule has 0 saturated carbocycles. The zero-order chi connectivity index (χ0) is 12.4. The highest BCUT2D eigenvalue weighted by Crippen LogP contribution is 2.32. The van der Waals surface area contributed by atoms with Crippen molar-refractivity contribution >= 4 is 54.8 Å². The highest BCUT2D eigenvalue weighted by atomic mass is 79.9. The second-order valence-corrected chi connectivity index (χ2v) is 6.55. The Morgan fingerprint density at radius 2 is 2.24 bits per heavy atom. The van der Waals surface area contributed by atoms with Gasteiger partial charge in [0.15, 0.2) is 0 Å². The predicted molar refractivity (Wildman–Crippen MR) is 76.6 cm³/mol. The molecule has 2 rings (SSSR count). The lowest BCUT2D eigenvalue weighted by Crippen LogP contribution is -2.11. The third kappa shape index (κ3) is 2.94. The summed E-state index contributed by atoms with van der Waals surface area (Å²) in [6.07, 6.45) is 1.70. The fraction of sp³-hybridized carbons (Fsp3) is 0.0909. The number of hydrogen-bond donors (Lipinski definition) is 1. The summed E-state index contributed by atoms with van der Waals surface area (Å²) >= 11 is 8.10. The van der Waals surface area contributed by atoms with E-state index in [-0.39, 0.29) is 5.91 Å². The molecule has 88 valence electrons. The Balaban J connectivity index is 2.20. The van der Waals surface area contributed by atoms with Gasteiger partial charge in [-0.05, 0) is 57.0 Å². The molecule has 0 aliphatic rings. The van der Waals surface area contributed by atoms with E-state index in [0.717, 1.165) is 19.6 Å². The van der Waals surface area contributed by atoms with Gasteiger partial charge >= 0.3 is 0 Å². The molecule has 0 aliphatic heterocycles. The van der Waals surface area contributed by atoms with Crippen molar-refractivity contribution in [3.8, 4) is 0 Å². The third-order valence-corrected chi connectivity index (χ3v) is 5.38. The van der Waals surface area contributed by atoms with Gasteiger partial charge in [0.05, 0.1) is 20.0 Å². The summed E-state index contributed by atoms with van der Waals surface area (Å²) in [5.41, 5.74) is 1.54. The number of carbonyl (C=O) groups excluding carboxylic acids is 1. The van der Waals surface area contributed by atoms with Gasteiger partial charge in [-0.15, -0.1) is 11.3 Å². The number of rotatable bonds is 2. The number of aryl methyl sites for hydroxylation is 1. The molecule has 0 spiro atoms. The predicted octanol–water partition coefficient (Wildman–Crippen LogP) is 4.23. The maximum Gasteiger partial charge on any atom is 0.265 e. The van der Waals surface area contributed by atoms with E-state index in [0.29, 0.717) is 4.88 Å². The lowest BCUT2D eigenvalue weighted by molar-refractivity contribution is 0.103. The number of amides is 1. The third-order valence-electron chi connectivity index (χ3n) is 2.12. The topological polar surface area (TPSA) is 42.0 Å². The number of nitrogens with one attached hydrogen (secondary N) is 1. The molecule has 0 aromatic carbocycles. The largest absolute Gasteiger partial charge is 0.320 e. The Morgan fingerprint density at radius 1 is 1.47 bits per heavy atom. The van der Waals surface area contributed by atoms with E-state index in [1.165, 1.54) is 11.3 Å². The van der Waals surface area contributed by atoms with Gasteiger partial charge in [0.2, 0.25) is 0 Å². The first-order chi connectivity index (χ1) is 8.08. The zero-order valence-electron chi connectivity index (χ0n) is 8.83. The number of pyridine rings is 1. The number of halogens is 2. The number of nitrogens with zero attached hydrogens (tertiary/aromatic N) is 1. The van der Waals surface area contributed by atoms with Gasteiger partial charge < -0.3 is 5.32 Å². The molecule has 0 atom stereocenters. The van der Waals surface area contributed by atoms with E-state index in [4.69, 9.17) is 0 Å². The summed E-state index contributed by atoms with van der Waals surface area (Å²) in [4.78, 5) is 16.7. The molecular weight excluding hydrogens is 368 g/mol. The number of carbonyl (C=O) groups is 1. The van der Waals surface area contributed by atoms with Gasteiger partial charge in [-0.2, -0.15) is 0 Å². The van der Waals surface area contributed by atoms with Crippen LogP contribution in [0.5, 0.6) is 0 Å². The Hall–Kier alpha value is -0.720. The van der Waals surface area contributed by atoms with Crippen molar-refractivity contribution in [2.45, 2.75) is 6.92 Å². The molecule has 3 nitrogen and oxygen atoms in total. The molecule has 1 amide bonds. The van der Waals surface area contributed by atoms with Crippen molar-refractivity contribution in [3.63, 3.8) is 0 Å². The molecule has 0 saturated heterocycles. The van der Waals surface area contributed by atoms with Crippen molar-refractivity contribution in [1.82, 2.24) is 4.98 Å². The van der Waals surface area contributed by atoms with Crippen LogP contribution in [0.4, 0.5) is 5.69 Å². The highest BCUT2D eigenvalue weighted by molar-refractivity contribution is 9.13. The van der Waals surface area contributed by atoms with Crippen molar-refractivity contribution in [3.05, 3.63) is 43.2 Å². The summed E-state index contributed by atoms with van der Waals surface area (Å²) in [5.74, 6) is -0.127. The number of thiophene rings is 1. The maximum atomic E-state index is 12.0. The normalized spacial score (nSPS) is 10.3. The summed E-state index contributed by atoms with van der Waals surface area (Å²) in [7, 11) is 0. The molecule has 6 heteroatoms. The molecule has 0 fully saturated rings. The number of aromatic nitrogens is 1. The Labute approximate surface area is 120 Å². The van der Waals surface area contributed by atoms with Gasteiger partial charge in [-0.1, -0.05) is 0 Å². The second-order valence-electron chi connectivity index (χ2n) is 3.32. The van der Waals surface area contributed by atoms with Crippen LogP contribution in [-0.2, 0) is 0 Å². The summed E-state index contributed by atoms with van der Waals surface area (Å²) < 4.78 is 1.79. The molecule has 1 N–H and O–H groups in total. The van der Waals surface area contributed by atoms with Crippen LogP contribution in [0.1, 0.15) is 15.4 Å². The quantitative estimate of drug-likeness (QED) is 0.853. The Bertz CT molecular complexity index is 549. The fourth-order valence-corrected chi connectivity index (χ4v) is 3.19. The van der Waals surface area contributed by atoms with Crippen LogP contribution in [0.25, 0.3) is 0 Å². The highest BCUT2D eigenvalue weighted by Gasteiger charge is 2.12. The first-order valence-electron chi connectivity index (χ1n) is 4.75. The lowest BCUT2D eigenvalue weighted by Gasteiger charge is -2.05. The minimum atomic E-state index is -0.127. The van der Waals surface area contributed by atoms with Gasteiger partial charge in [0.1, 0.15) is 0 Å². The first kappa shape index (κ1) is 12.7. The van der Waals surface area contributed by atoms with Crippen molar-refractivity contribution < 1.29 is 4.79 Å². The number of anilines is 1. The van der Waals surface area contributed by atoms with Crippen LogP contribution < -0.4 is 5.32 Å². The van der Waals surface area contributed by atoms with Gasteiger partial charge in [0.25, 0.3) is 5.91 Å². The Morgan fingerprint density at radius 3 is 2.82 bits per heavy atom. The SMILES string of the molecule is Cc1ncccc1NC(=O)c1cc(Br)c(Br)s1. The second kappa shape index (κ2) is 5.29. The van der Waals surface area contributed by atoms with Crippen molar-refractivity contribution in [2.75, 3.05) is 5.32 Å². The summed E-state index contributed by atoms with van der Waals surface area (Å²) in [5, 5.41) is 2.83. The van der Waals surface area contributed by atoms with Crippen LogP contribution >= 0.6 is 43.2 Å². The van der Waals surface area contributed by atoms with Gasteiger partial charge in [-0.25, -0.2) is 0 Å². The summed E-state index contributed by atoms with van der Waals surface area (Å²) in [6, 6.07) is 5.41. The molecule has 0 aliphatic carbocycles. The average molecular weight is 376 g/mol. The molecular formula is C11H8Br2N2OS. The molecule has 0 radical (unpaired) electrons. The van der Waals surface area contributed by atoms with Crippen LogP contribution in [0.15, 0.2) is 32.7 Å². The standard InChI is InChI=1S/C11H8Br2N2OS/c1-6-8(3-2-4-14-6)15-11(16)9-5-7(12)10(13)17-9/h2-5H,1H3,(H,15,16). The van der Waals surface area contributed by atoms with E-state index in [1.807, 2.05) is 13.0 Å². The van der Waals surface area contributed by atoms with E-state index in [1.54, 1.807) is 18.3 Å². The molecule has 2 aromatic heterocycles. The fourth-order valence-electron chi connectivity index (χ4n) is 1.26. The molecule has 0 bridgehead atoms. The molecule has 17 heavy (non-hydrogen) atoms. The smallest absolute Gasteiger partial charge is 0.265 e. The molecule has 2 aromatic rings. The van der Waals surface area contributed by atoms with Crippen molar-refractivity contribution in [2.24, 2.45) is 0 Å². The monoisotopic (exact) mass is 374 g/mol. The summed E-state index contributed by atoms with van der Waals surface area (Å²) in [6.45, 7) is 1.86. The van der Waals surface area contributed by atoms with E-state index >= 15 is 0 Å². The van der Waals surface area contributed by atoms with Crippen LogP contribution in [0.2, 0.25) is 0 Å². The minimum Gasteiger partial charge on any atom is -0.320 e. The number of hydrogen-bond acceptors (Lipinski definition) is 3. The van der Waals surface area contributed by atoms with Gasteiger partial charge in [0, 0.05) is 10.7 Å². The van der Waals surface area contributed by atoms with E-state index < -0.39 is 0 Å². The van der Waals surface area contributed by atoms with Crippen molar-refractivity contribution in [1.29, 1.82) is 0 Å². The van der Waals surface area contributed by atoms with Crippen LogP contribution in [-0.4, -0.2) is 10.9 Å². The average Bonchev–Trinajstić information content (AvgIpc) is 2.63. The Kier molecular flexibility index (Phi) is 3.96. The van der Waals surface area contributed by atoms with E-state index in [9.17, 15) is 4.79 Å². The minimum absolute atomic E-state index is 0.127. The zero-order valence-corrected chi connectivity index (χ0v) is 12.8. The maximum absolute atomic E-state index is 12.0. The molecule has 0 unspecified atom stereocenters.